The summed E-state index contributed by atoms with van der Waals surface area (Å²) in [7, 11) is 0. The molecule has 1 aliphatic carbocycles. The van der Waals surface area contributed by atoms with Crippen molar-refractivity contribution in [1.29, 1.82) is 0 Å². The molecule has 1 heterocycles. The lowest BCUT2D eigenvalue weighted by Gasteiger charge is -2.28. The van der Waals surface area contributed by atoms with Crippen molar-refractivity contribution in [1.82, 2.24) is 4.98 Å². The van der Waals surface area contributed by atoms with Crippen LogP contribution in [0.3, 0.4) is 0 Å². The summed E-state index contributed by atoms with van der Waals surface area (Å²) in [6.45, 7) is 5.48. The van der Waals surface area contributed by atoms with Gasteiger partial charge in [-0.3, -0.25) is 9.78 Å². The molecule has 1 aromatic heterocycles. The van der Waals surface area contributed by atoms with Crippen LogP contribution in [0.15, 0.2) is 30.5 Å². The lowest BCUT2D eigenvalue weighted by atomic mass is 10.00. The first kappa shape index (κ1) is 19.6. The Hall–Kier alpha value is -2.14. The number of pyridine rings is 1. The van der Waals surface area contributed by atoms with Crippen molar-refractivity contribution in [3.63, 3.8) is 0 Å². The number of benzene rings is 1. The number of anilines is 1. The van der Waals surface area contributed by atoms with Crippen LogP contribution < -0.4 is 10.1 Å². The molecule has 1 N–H and O–H groups in total. The van der Waals surface area contributed by atoms with E-state index in [9.17, 15) is 4.79 Å². The van der Waals surface area contributed by atoms with Crippen LogP contribution in [0.5, 0.6) is 5.75 Å². The van der Waals surface area contributed by atoms with Crippen molar-refractivity contribution in [2.45, 2.75) is 64.4 Å². The molecule has 1 aliphatic rings. The van der Waals surface area contributed by atoms with Gasteiger partial charge >= 0.3 is 0 Å². The van der Waals surface area contributed by atoms with E-state index in [0.717, 1.165) is 67.3 Å². The summed E-state index contributed by atoms with van der Waals surface area (Å²) in [4.78, 5) is 17.6. The number of hydrogen-bond acceptors (Lipinski definition) is 4. The van der Waals surface area contributed by atoms with Gasteiger partial charge in [-0.05, 0) is 62.8 Å². The molecule has 1 aromatic carbocycles. The molecule has 2 aromatic rings. The number of nitrogens with one attached hydrogen (secondary N) is 1. The number of unbranched alkanes of at least 4 members (excludes halogenated alkanes) is 1. The largest absolute Gasteiger partial charge is 0.491 e. The van der Waals surface area contributed by atoms with Crippen molar-refractivity contribution < 1.29 is 14.3 Å². The van der Waals surface area contributed by atoms with Crippen LogP contribution in [0, 0.1) is 0 Å². The first-order valence-corrected chi connectivity index (χ1v) is 10.2. The van der Waals surface area contributed by atoms with Gasteiger partial charge in [-0.1, -0.05) is 20.3 Å². The molecule has 1 fully saturated rings. The van der Waals surface area contributed by atoms with E-state index in [0.29, 0.717) is 13.2 Å². The Bertz CT molecular complexity index is 769. The molecule has 146 valence electrons. The fourth-order valence-corrected chi connectivity index (χ4v) is 3.62. The Morgan fingerprint density at radius 3 is 2.70 bits per heavy atom. The van der Waals surface area contributed by atoms with Crippen LogP contribution in [0.4, 0.5) is 5.69 Å². The van der Waals surface area contributed by atoms with Crippen molar-refractivity contribution in [3.05, 3.63) is 30.5 Å². The van der Waals surface area contributed by atoms with Crippen LogP contribution in [0.25, 0.3) is 10.9 Å². The van der Waals surface area contributed by atoms with Gasteiger partial charge in [-0.15, -0.1) is 0 Å². The number of hydrogen-bond donors (Lipinski definition) is 1. The zero-order chi connectivity index (χ0) is 19.1. The van der Waals surface area contributed by atoms with E-state index in [1.807, 2.05) is 24.3 Å². The van der Waals surface area contributed by atoms with Crippen molar-refractivity contribution in [3.8, 4) is 5.75 Å². The summed E-state index contributed by atoms with van der Waals surface area (Å²) in [5.74, 6) is 0.716. The Labute approximate surface area is 161 Å². The van der Waals surface area contributed by atoms with Crippen LogP contribution >= 0.6 is 0 Å². The molecule has 3 rings (SSSR count). The molecular formula is C22H30N2O3. The highest BCUT2D eigenvalue weighted by molar-refractivity contribution is 6.05. The zero-order valence-electron chi connectivity index (χ0n) is 16.4. The monoisotopic (exact) mass is 370 g/mol. The summed E-state index contributed by atoms with van der Waals surface area (Å²) < 4.78 is 11.9. The highest BCUT2D eigenvalue weighted by Gasteiger charge is 2.42. The Kier molecular flexibility index (Phi) is 6.67. The number of carbonyl (C=O) groups is 1. The van der Waals surface area contributed by atoms with Gasteiger partial charge in [-0.2, -0.15) is 0 Å². The highest BCUT2D eigenvalue weighted by atomic mass is 16.5. The maximum absolute atomic E-state index is 13.1. The number of nitrogens with zero attached hydrogens (tertiary/aromatic N) is 1. The molecule has 0 bridgehead atoms. The van der Waals surface area contributed by atoms with Gasteiger partial charge < -0.3 is 14.8 Å². The van der Waals surface area contributed by atoms with Crippen LogP contribution in [-0.2, 0) is 9.53 Å². The van der Waals surface area contributed by atoms with Gasteiger partial charge in [0.1, 0.15) is 16.9 Å². The lowest BCUT2D eigenvalue weighted by molar-refractivity contribution is -0.140. The molecule has 0 atom stereocenters. The first-order chi connectivity index (χ1) is 13.2. The quantitative estimate of drug-likeness (QED) is 0.625. The minimum Gasteiger partial charge on any atom is -0.491 e. The SMILES string of the molecule is CCCCOc1ccc(NC(=O)C2(OCCC)CCCC2)c2cccnc12. The maximum atomic E-state index is 13.1. The molecule has 27 heavy (non-hydrogen) atoms. The maximum Gasteiger partial charge on any atom is 0.256 e. The standard InChI is InChI=1S/C22H30N2O3/c1-3-5-16-26-19-11-10-18(17-9-8-14-23-20(17)19)24-21(25)22(27-15-4-2)12-6-7-13-22/h8-11,14H,3-7,12-13,15-16H2,1-2H3,(H,24,25). The second-order valence-corrected chi connectivity index (χ2v) is 7.22. The molecule has 0 aliphatic heterocycles. The van der Waals surface area contributed by atoms with E-state index in [1.54, 1.807) is 6.20 Å². The normalized spacial score (nSPS) is 15.8. The van der Waals surface area contributed by atoms with Gasteiger partial charge in [-0.25, -0.2) is 0 Å². The van der Waals surface area contributed by atoms with Crippen LogP contribution in [0.1, 0.15) is 58.8 Å². The van der Waals surface area contributed by atoms with Crippen molar-refractivity contribution >= 4 is 22.5 Å². The molecule has 1 amide bonds. The molecular weight excluding hydrogens is 340 g/mol. The number of amides is 1. The third-order valence-electron chi connectivity index (χ3n) is 5.14. The average molecular weight is 370 g/mol. The van der Waals surface area contributed by atoms with Gasteiger partial charge in [0.15, 0.2) is 0 Å². The number of ether oxygens (including phenoxy) is 2. The van der Waals surface area contributed by atoms with Crippen LogP contribution in [0.2, 0.25) is 0 Å². The van der Waals surface area contributed by atoms with E-state index in [2.05, 4.69) is 24.1 Å². The van der Waals surface area contributed by atoms with E-state index in [-0.39, 0.29) is 5.91 Å². The zero-order valence-corrected chi connectivity index (χ0v) is 16.4. The second-order valence-electron chi connectivity index (χ2n) is 7.22. The topological polar surface area (TPSA) is 60.5 Å². The van der Waals surface area contributed by atoms with Gasteiger partial charge in [0.05, 0.1) is 12.3 Å². The molecule has 0 unspecified atom stereocenters. The molecule has 0 radical (unpaired) electrons. The van der Waals surface area contributed by atoms with Gasteiger partial charge in [0.2, 0.25) is 0 Å². The molecule has 5 heteroatoms. The Morgan fingerprint density at radius 1 is 1.15 bits per heavy atom. The molecule has 0 spiro atoms. The predicted octanol–water partition coefficient (Wildman–Crippen LogP) is 5.09. The van der Waals surface area contributed by atoms with Gasteiger partial charge in [0.25, 0.3) is 5.91 Å². The van der Waals surface area contributed by atoms with E-state index < -0.39 is 5.60 Å². The van der Waals surface area contributed by atoms with Crippen molar-refractivity contribution in [2.75, 3.05) is 18.5 Å². The number of rotatable bonds is 9. The van der Waals surface area contributed by atoms with E-state index in [4.69, 9.17) is 9.47 Å². The summed E-state index contributed by atoms with van der Waals surface area (Å²) in [6, 6.07) is 7.66. The number of fused-ring (bicyclic) bond motifs is 1. The fourth-order valence-electron chi connectivity index (χ4n) is 3.62. The summed E-state index contributed by atoms with van der Waals surface area (Å²) in [6.07, 6.45) is 8.38. The summed E-state index contributed by atoms with van der Waals surface area (Å²) in [5, 5.41) is 4.00. The smallest absolute Gasteiger partial charge is 0.256 e. The molecule has 0 saturated heterocycles. The molecule has 1 saturated carbocycles. The Balaban J connectivity index is 1.84. The lowest BCUT2D eigenvalue weighted by Crippen LogP contribution is -2.43. The Morgan fingerprint density at radius 2 is 1.96 bits per heavy atom. The van der Waals surface area contributed by atoms with E-state index >= 15 is 0 Å². The fraction of sp³-hybridized carbons (Fsp3) is 0.545. The summed E-state index contributed by atoms with van der Waals surface area (Å²) in [5.41, 5.74) is 0.847. The number of aromatic nitrogens is 1. The summed E-state index contributed by atoms with van der Waals surface area (Å²) >= 11 is 0. The van der Waals surface area contributed by atoms with Gasteiger partial charge in [0, 0.05) is 18.2 Å². The third kappa shape index (κ3) is 4.41. The first-order valence-electron chi connectivity index (χ1n) is 10.2. The minimum atomic E-state index is -0.694. The van der Waals surface area contributed by atoms with Crippen LogP contribution in [-0.4, -0.2) is 29.7 Å². The minimum absolute atomic E-state index is 0.0433. The van der Waals surface area contributed by atoms with E-state index in [1.165, 1.54) is 0 Å². The van der Waals surface area contributed by atoms with Crippen molar-refractivity contribution in [2.24, 2.45) is 0 Å². The average Bonchev–Trinajstić information content (AvgIpc) is 3.18. The highest BCUT2D eigenvalue weighted by Crippen LogP contribution is 2.36. The number of carbonyl (C=O) groups excluding carboxylic acids is 1. The predicted molar refractivity (Wildman–Crippen MR) is 108 cm³/mol. The molecule has 5 nitrogen and oxygen atoms in total. The second kappa shape index (κ2) is 9.18. The third-order valence-corrected chi connectivity index (χ3v) is 5.14.